The molecule has 0 unspecified atom stereocenters. The van der Waals surface area contributed by atoms with Crippen LogP contribution in [0.1, 0.15) is 173 Å². The van der Waals surface area contributed by atoms with E-state index >= 15 is 0 Å². The van der Waals surface area contributed by atoms with Crippen molar-refractivity contribution in [1.29, 1.82) is 0 Å². The molecule has 2 aliphatic carbocycles. The molecule has 5 aliphatic rings. The highest BCUT2D eigenvalue weighted by molar-refractivity contribution is 6.62. The summed E-state index contributed by atoms with van der Waals surface area (Å²) in [5, 5.41) is 0.171. The molecule has 9 rings (SSSR count). The Bertz CT molecular complexity index is 2700. The third kappa shape index (κ3) is 13.8. The van der Waals surface area contributed by atoms with Crippen molar-refractivity contribution in [3.63, 3.8) is 0 Å². The summed E-state index contributed by atoms with van der Waals surface area (Å²) >= 11 is 5.74. The summed E-state index contributed by atoms with van der Waals surface area (Å²) in [5.41, 5.74) is 7.16. The molecule has 3 aliphatic heterocycles. The second kappa shape index (κ2) is 21.6. The first-order valence-corrected chi connectivity index (χ1v) is 27.6. The number of carbonyl (C=O) groups excluding carboxylic acids is 2. The van der Waals surface area contributed by atoms with Crippen LogP contribution in [-0.4, -0.2) is 134 Å². The lowest BCUT2D eigenvalue weighted by Gasteiger charge is -2.42. The summed E-state index contributed by atoms with van der Waals surface area (Å²) in [4.78, 5) is 57.4. The lowest BCUT2D eigenvalue weighted by molar-refractivity contribution is 0.00578. The van der Waals surface area contributed by atoms with E-state index in [0.717, 1.165) is 11.0 Å². The largest absolute Gasteiger partial charge is 0.494 e. The number of aromatic nitrogens is 6. The van der Waals surface area contributed by atoms with Gasteiger partial charge < -0.3 is 38.4 Å². The molecule has 2 amide bonds. The summed E-state index contributed by atoms with van der Waals surface area (Å²) in [6.07, 6.45) is 7.24. The van der Waals surface area contributed by atoms with Gasteiger partial charge in [0.2, 0.25) is 17.2 Å². The normalized spacial score (nSPS) is 21.0. The van der Waals surface area contributed by atoms with Crippen molar-refractivity contribution in [3.05, 3.63) is 76.6 Å². The topological polar surface area (TPSA) is 161 Å². The molecule has 0 spiro atoms. The van der Waals surface area contributed by atoms with Crippen molar-refractivity contribution in [2.45, 2.75) is 194 Å². The molecule has 3 fully saturated rings. The van der Waals surface area contributed by atoms with E-state index in [4.69, 9.17) is 35.4 Å². The summed E-state index contributed by atoms with van der Waals surface area (Å²) in [5.74, 6) is 1.88. The Hall–Kier alpha value is -5.13. The average Bonchev–Trinajstić information content (AvgIpc) is 3.56. The molecule has 0 bridgehead atoms. The minimum atomic E-state index is -0.490. The smallest absolute Gasteiger partial charge is 0.444 e. The Morgan fingerprint density at radius 2 is 0.921 bits per heavy atom. The number of anilines is 2. The zero-order valence-electron chi connectivity index (χ0n) is 49.0. The fourth-order valence-electron chi connectivity index (χ4n) is 10.3. The molecule has 4 aromatic rings. The van der Waals surface area contributed by atoms with Gasteiger partial charge in [0.1, 0.15) is 23.9 Å². The maximum Gasteiger partial charge on any atom is 0.494 e. The van der Waals surface area contributed by atoms with Crippen LogP contribution in [0.2, 0.25) is 5.28 Å². The minimum Gasteiger partial charge on any atom is -0.444 e. The van der Waals surface area contributed by atoms with Gasteiger partial charge >= 0.3 is 19.3 Å². The fourth-order valence-corrected chi connectivity index (χ4v) is 10.4. The van der Waals surface area contributed by atoms with Gasteiger partial charge in [-0.05, 0) is 162 Å². The van der Waals surface area contributed by atoms with E-state index < -0.39 is 11.2 Å². The Balaban J connectivity index is 0.000000173. The molecule has 5 heterocycles. The minimum absolute atomic E-state index is 0.134. The van der Waals surface area contributed by atoms with E-state index in [0.29, 0.717) is 70.1 Å². The predicted molar refractivity (Wildman–Crippen MR) is 303 cm³/mol. The summed E-state index contributed by atoms with van der Waals surface area (Å²) < 4.78 is 23.3. The van der Waals surface area contributed by atoms with Crippen LogP contribution in [-0.2, 0) is 40.4 Å². The van der Waals surface area contributed by atoms with E-state index in [-0.39, 0.29) is 57.5 Å². The van der Waals surface area contributed by atoms with Gasteiger partial charge in [0.05, 0.1) is 11.2 Å². The summed E-state index contributed by atoms with van der Waals surface area (Å²) in [7, 11) is -0.272. The van der Waals surface area contributed by atoms with Gasteiger partial charge in [-0.2, -0.15) is 9.97 Å². The number of halogens is 1. The lowest BCUT2D eigenvalue weighted by Crippen LogP contribution is -2.50. The SMILES string of the molecule is CC(C)(C)OC(=O)N1CCN(c2ncnc(-c3ccc4c(c3)C(C)(C)CCC4(C)C)n2)CC1.CC(C)(C)OC(=O)N1CCN(c2ncnc(Cl)n2)CC1.CC1(C)CCC(C)(C)c2cc(B3OC(C)(C)C(C)(C)O3)ccc21. The first-order chi connectivity index (χ1) is 35.1. The van der Waals surface area contributed by atoms with Crippen molar-refractivity contribution in [2.24, 2.45) is 0 Å². The average molecular weight is 1070 g/mol. The number of amides is 2. The number of hydrogen-bond acceptors (Lipinski definition) is 14. The summed E-state index contributed by atoms with van der Waals surface area (Å²) in [6, 6.07) is 13.5. The fraction of sp³-hybridized carbons (Fsp3) is 0.655. The number of carbonyl (C=O) groups is 2. The number of rotatable bonds is 4. The van der Waals surface area contributed by atoms with Gasteiger partial charge in [0.15, 0.2) is 5.82 Å². The molecule has 0 saturated carbocycles. The number of hydrogen-bond donors (Lipinski definition) is 0. The zero-order valence-corrected chi connectivity index (χ0v) is 49.7. The van der Waals surface area contributed by atoms with Crippen molar-refractivity contribution in [2.75, 3.05) is 62.2 Å². The third-order valence-electron chi connectivity index (χ3n) is 16.0. The molecule has 16 nitrogen and oxygen atoms in total. The number of nitrogens with zero attached hydrogens (tertiary/aromatic N) is 10. The first kappa shape index (κ1) is 58.6. The second-order valence-electron chi connectivity index (χ2n) is 26.8. The van der Waals surface area contributed by atoms with Crippen molar-refractivity contribution in [1.82, 2.24) is 39.7 Å². The van der Waals surface area contributed by atoms with E-state index in [1.807, 2.05) is 46.4 Å². The molecule has 18 heteroatoms. The maximum absolute atomic E-state index is 12.4. The molecule has 0 radical (unpaired) electrons. The molecule has 2 aromatic heterocycles. The zero-order chi connectivity index (χ0) is 56.0. The van der Waals surface area contributed by atoms with Crippen molar-refractivity contribution in [3.8, 4) is 11.4 Å². The van der Waals surface area contributed by atoms with Crippen LogP contribution in [0.15, 0.2) is 49.1 Å². The summed E-state index contributed by atoms with van der Waals surface area (Å²) in [6.45, 7) is 43.3. The Morgan fingerprint density at radius 1 is 0.526 bits per heavy atom. The predicted octanol–water partition coefficient (Wildman–Crippen LogP) is 10.9. The van der Waals surface area contributed by atoms with Gasteiger partial charge in [-0.1, -0.05) is 85.7 Å². The van der Waals surface area contributed by atoms with Gasteiger partial charge in [0.25, 0.3) is 0 Å². The molecule has 0 atom stereocenters. The third-order valence-corrected chi connectivity index (χ3v) is 16.2. The molecule has 76 heavy (non-hydrogen) atoms. The van der Waals surface area contributed by atoms with Crippen LogP contribution in [0.4, 0.5) is 21.5 Å². The lowest BCUT2D eigenvalue weighted by atomic mass is 9.61. The quantitative estimate of drug-likeness (QED) is 0.178. The second-order valence-corrected chi connectivity index (χ2v) is 27.1. The molecule has 0 N–H and O–H groups in total. The Morgan fingerprint density at radius 3 is 1.36 bits per heavy atom. The molecule has 414 valence electrons. The van der Waals surface area contributed by atoms with Crippen molar-refractivity contribution < 1.29 is 28.4 Å². The van der Waals surface area contributed by atoms with E-state index in [9.17, 15) is 9.59 Å². The number of fused-ring (bicyclic) bond motifs is 2. The van der Waals surface area contributed by atoms with Crippen molar-refractivity contribution >= 4 is 48.3 Å². The van der Waals surface area contributed by atoms with Crippen LogP contribution in [0, 0.1) is 0 Å². The Kier molecular flexibility index (Phi) is 16.6. The molecular formula is C58H86BClN10O6. The van der Waals surface area contributed by atoms with Crippen LogP contribution in [0.3, 0.4) is 0 Å². The van der Waals surface area contributed by atoms with E-state index in [1.165, 1.54) is 54.3 Å². The van der Waals surface area contributed by atoms with E-state index in [2.05, 4.69) is 149 Å². The van der Waals surface area contributed by atoms with Gasteiger partial charge in [0, 0.05) is 57.9 Å². The van der Waals surface area contributed by atoms with Crippen LogP contribution < -0.4 is 15.3 Å². The van der Waals surface area contributed by atoms with Crippen LogP contribution in [0.5, 0.6) is 0 Å². The standard InChI is InChI=1S/C26H37N5O2.C20H31BO2.C12H18ClN5O2/c1-24(2,3)33-23(32)31-14-12-30(13-15-31)22-28-17-27-21(29-22)18-8-9-19-20(16-18)26(6,7)11-10-25(19,4)5;1-17(2)11-12-18(3,4)16-13-14(9-10-15(16)17)21-22-19(5,6)20(7,8)23-21;1-12(2,3)20-11(19)18-6-4-17(5-7-18)10-15-8-14-9(13)16-10/h8-9,16-17H,10-15H2,1-7H3;9-10,13H,11-12H2,1-8H3;8H,4-7H2,1-3H3. The highest BCUT2D eigenvalue weighted by Crippen LogP contribution is 2.48. The van der Waals surface area contributed by atoms with Crippen LogP contribution >= 0.6 is 11.6 Å². The molecular weight excluding hydrogens is 979 g/mol. The Labute approximate surface area is 459 Å². The number of benzene rings is 2. The van der Waals surface area contributed by atoms with Crippen LogP contribution in [0.25, 0.3) is 11.4 Å². The monoisotopic (exact) mass is 1060 g/mol. The van der Waals surface area contributed by atoms with Gasteiger partial charge in [-0.3, -0.25) is 0 Å². The molecule has 2 aromatic carbocycles. The molecule has 3 saturated heterocycles. The van der Waals surface area contributed by atoms with Gasteiger partial charge in [-0.25, -0.2) is 29.5 Å². The number of ether oxygens (including phenoxy) is 2. The number of piperazine rings is 2. The highest BCUT2D eigenvalue weighted by Gasteiger charge is 2.52. The van der Waals surface area contributed by atoms with E-state index in [1.54, 1.807) is 16.1 Å². The first-order valence-electron chi connectivity index (χ1n) is 27.2. The van der Waals surface area contributed by atoms with Gasteiger partial charge in [-0.15, -0.1) is 0 Å². The highest BCUT2D eigenvalue weighted by atomic mass is 35.5. The maximum atomic E-state index is 12.4.